The van der Waals surface area contributed by atoms with Crippen LogP contribution in [0.1, 0.15) is 39.0 Å². The van der Waals surface area contributed by atoms with Crippen LogP contribution in [-0.2, 0) is 0 Å². The number of nitrogens with one attached hydrogen (secondary N) is 1. The fourth-order valence-corrected chi connectivity index (χ4v) is 3.00. The van der Waals surface area contributed by atoms with Gasteiger partial charge in [0.15, 0.2) is 0 Å². The Morgan fingerprint density at radius 2 is 2.00 bits per heavy atom. The number of hydrogen-bond donors (Lipinski definition) is 2. The summed E-state index contributed by atoms with van der Waals surface area (Å²) in [6, 6.07) is 0.362. The lowest BCUT2D eigenvalue weighted by atomic mass is 10.1. The van der Waals surface area contributed by atoms with Crippen LogP contribution >= 0.6 is 0 Å². The third-order valence-electron chi connectivity index (χ3n) is 3.98. The van der Waals surface area contributed by atoms with Gasteiger partial charge in [0.1, 0.15) is 0 Å². The fourth-order valence-electron chi connectivity index (χ4n) is 3.00. The SMILES string of the molecule is CC(CN[C@H]1CCC[C@@H]1O)CN1CCCC1. The topological polar surface area (TPSA) is 35.5 Å². The molecule has 0 bridgehead atoms. The zero-order chi connectivity index (χ0) is 11.4. The Labute approximate surface area is 99.2 Å². The summed E-state index contributed by atoms with van der Waals surface area (Å²) in [4.78, 5) is 2.57. The zero-order valence-corrected chi connectivity index (χ0v) is 10.5. The van der Waals surface area contributed by atoms with E-state index in [-0.39, 0.29) is 6.10 Å². The van der Waals surface area contributed by atoms with Crippen molar-refractivity contribution in [2.24, 2.45) is 5.92 Å². The van der Waals surface area contributed by atoms with E-state index >= 15 is 0 Å². The van der Waals surface area contributed by atoms with Gasteiger partial charge < -0.3 is 15.3 Å². The zero-order valence-electron chi connectivity index (χ0n) is 10.5. The minimum Gasteiger partial charge on any atom is -0.392 e. The van der Waals surface area contributed by atoms with Gasteiger partial charge in [-0.3, -0.25) is 0 Å². The van der Waals surface area contributed by atoms with Crippen LogP contribution in [0, 0.1) is 5.92 Å². The highest BCUT2D eigenvalue weighted by Crippen LogP contribution is 2.19. The summed E-state index contributed by atoms with van der Waals surface area (Å²) in [6.07, 6.45) is 5.97. The van der Waals surface area contributed by atoms with Gasteiger partial charge in [-0.05, 0) is 57.7 Å². The summed E-state index contributed by atoms with van der Waals surface area (Å²) in [5.74, 6) is 0.700. The maximum Gasteiger partial charge on any atom is 0.0693 e. The average molecular weight is 226 g/mol. The molecule has 0 radical (unpaired) electrons. The molecule has 1 saturated heterocycles. The van der Waals surface area contributed by atoms with E-state index in [0.29, 0.717) is 12.0 Å². The molecule has 2 fully saturated rings. The average Bonchev–Trinajstić information content (AvgIpc) is 2.87. The molecular weight excluding hydrogens is 200 g/mol. The third-order valence-corrected chi connectivity index (χ3v) is 3.98. The van der Waals surface area contributed by atoms with Gasteiger partial charge in [0, 0.05) is 12.6 Å². The van der Waals surface area contributed by atoms with E-state index in [1.54, 1.807) is 0 Å². The lowest BCUT2D eigenvalue weighted by molar-refractivity contribution is 0.145. The van der Waals surface area contributed by atoms with Crippen molar-refractivity contribution in [3.63, 3.8) is 0 Å². The molecule has 1 aliphatic heterocycles. The van der Waals surface area contributed by atoms with E-state index in [0.717, 1.165) is 19.4 Å². The number of hydrogen-bond acceptors (Lipinski definition) is 3. The van der Waals surface area contributed by atoms with Crippen molar-refractivity contribution in [3.8, 4) is 0 Å². The number of rotatable bonds is 5. The smallest absolute Gasteiger partial charge is 0.0693 e. The van der Waals surface area contributed by atoms with Crippen molar-refractivity contribution in [1.82, 2.24) is 10.2 Å². The van der Waals surface area contributed by atoms with Crippen LogP contribution in [0.25, 0.3) is 0 Å². The van der Waals surface area contributed by atoms with E-state index in [1.807, 2.05) is 0 Å². The highest BCUT2D eigenvalue weighted by atomic mass is 16.3. The van der Waals surface area contributed by atoms with Gasteiger partial charge in [-0.2, -0.15) is 0 Å². The second-order valence-corrected chi connectivity index (χ2v) is 5.63. The van der Waals surface area contributed by atoms with Crippen LogP contribution in [0.4, 0.5) is 0 Å². The van der Waals surface area contributed by atoms with E-state index < -0.39 is 0 Å². The Morgan fingerprint density at radius 3 is 2.62 bits per heavy atom. The predicted molar refractivity (Wildman–Crippen MR) is 66.5 cm³/mol. The van der Waals surface area contributed by atoms with Gasteiger partial charge in [0.2, 0.25) is 0 Å². The lowest BCUT2D eigenvalue weighted by Crippen LogP contribution is -2.40. The second kappa shape index (κ2) is 5.99. The molecule has 0 aromatic carbocycles. The molecule has 2 aliphatic rings. The molecule has 0 aromatic rings. The van der Waals surface area contributed by atoms with Crippen molar-refractivity contribution in [2.75, 3.05) is 26.2 Å². The summed E-state index contributed by atoms with van der Waals surface area (Å²) < 4.78 is 0. The Hall–Kier alpha value is -0.120. The number of aliphatic hydroxyl groups is 1. The van der Waals surface area contributed by atoms with E-state index in [4.69, 9.17) is 0 Å². The molecule has 3 atom stereocenters. The molecule has 1 heterocycles. The van der Waals surface area contributed by atoms with Crippen molar-refractivity contribution in [3.05, 3.63) is 0 Å². The first-order chi connectivity index (χ1) is 7.75. The molecule has 94 valence electrons. The third kappa shape index (κ3) is 3.44. The molecule has 2 rings (SSSR count). The van der Waals surface area contributed by atoms with Crippen LogP contribution in [-0.4, -0.2) is 48.3 Å². The molecule has 3 nitrogen and oxygen atoms in total. The van der Waals surface area contributed by atoms with E-state index in [2.05, 4.69) is 17.1 Å². The predicted octanol–water partition coefficient (Wildman–Crippen LogP) is 1.22. The molecule has 1 aliphatic carbocycles. The molecule has 1 saturated carbocycles. The Balaban J connectivity index is 1.61. The number of nitrogens with zero attached hydrogens (tertiary/aromatic N) is 1. The van der Waals surface area contributed by atoms with Crippen LogP contribution in [0.15, 0.2) is 0 Å². The molecule has 0 aromatic heterocycles. The van der Waals surface area contributed by atoms with Gasteiger partial charge in [0.25, 0.3) is 0 Å². The van der Waals surface area contributed by atoms with Gasteiger partial charge in [-0.1, -0.05) is 6.92 Å². The maximum absolute atomic E-state index is 9.71. The van der Waals surface area contributed by atoms with Gasteiger partial charge in [-0.25, -0.2) is 0 Å². The largest absolute Gasteiger partial charge is 0.392 e. The van der Waals surface area contributed by atoms with Crippen molar-refractivity contribution in [1.29, 1.82) is 0 Å². The molecular formula is C13H26N2O. The first-order valence-electron chi connectivity index (χ1n) is 6.89. The Kier molecular flexibility index (Phi) is 4.62. The van der Waals surface area contributed by atoms with Gasteiger partial charge >= 0.3 is 0 Å². The summed E-state index contributed by atoms with van der Waals surface area (Å²) in [5.41, 5.74) is 0. The van der Waals surface area contributed by atoms with Crippen molar-refractivity contribution < 1.29 is 5.11 Å². The first-order valence-corrected chi connectivity index (χ1v) is 6.89. The molecule has 3 heteroatoms. The second-order valence-electron chi connectivity index (χ2n) is 5.63. The summed E-state index contributed by atoms with van der Waals surface area (Å²) in [7, 11) is 0. The summed E-state index contributed by atoms with van der Waals surface area (Å²) in [5, 5.41) is 13.2. The van der Waals surface area contributed by atoms with Crippen LogP contribution < -0.4 is 5.32 Å². The van der Waals surface area contributed by atoms with Crippen LogP contribution in [0.5, 0.6) is 0 Å². The summed E-state index contributed by atoms with van der Waals surface area (Å²) >= 11 is 0. The molecule has 1 unspecified atom stereocenters. The van der Waals surface area contributed by atoms with E-state index in [9.17, 15) is 5.11 Å². The highest BCUT2D eigenvalue weighted by molar-refractivity contribution is 4.83. The Morgan fingerprint density at radius 1 is 1.25 bits per heavy atom. The molecule has 2 N–H and O–H groups in total. The number of likely N-dealkylation sites (tertiary alicyclic amines) is 1. The monoisotopic (exact) mass is 226 g/mol. The van der Waals surface area contributed by atoms with Crippen LogP contribution in [0.3, 0.4) is 0 Å². The standard InChI is InChI=1S/C13H26N2O/c1-11(10-15-7-2-3-8-15)9-14-12-5-4-6-13(12)16/h11-14,16H,2-10H2,1H3/t11?,12-,13-/m0/s1. The fraction of sp³-hybridized carbons (Fsp3) is 1.00. The highest BCUT2D eigenvalue weighted by Gasteiger charge is 2.25. The number of aliphatic hydroxyl groups excluding tert-OH is 1. The van der Waals surface area contributed by atoms with E-state index in [1.165, 1.54) is 38.9 Å². The van der Waals surface area contributed by atoms with Gasteiger partial charge in [0.05, 0.1) is 6.10 Å². The van der Waals surface area contributed by atoms with Gasteiger partial charge in [-0.15, -0.1) is 0 Å². The summed E-state index contributed by atoms with van der Waals surface area (Å²) in [6.45, 7) is 7.16. The minimum absolute atomic E-state index is 0.0982. The molecule has 0 spiro atoms. The van der Waals surface area contributed by atoms with Crippen molar-refractivity contribution >= 4 is 0 Å². The molecule has 0 amide bonds. The quantitative estimate of drug-likeness (QED) is 0.740. The maximum atomic E-state index is 9.71. The normalized spacial score (nSPS) is 33.4. The van der Waals surface area contributed by atoms with Crippen LogP contribution in [0.2, 0.25) is 0 Å². The Bertz CT molecular complexity index is 204. The first kappa shape index (κ1) is 12.3. The lowest BCUT2D eigenvalue weighted by Gasteiger charge is -2.23. The molecule has 16 heavy (non-hydrogen) atoms. The minimum atomic E-state index is -0.0982. The van der Waals surface area contributed by atoms with Crippen molar-refractivity contribution in [2.45, 2.75) is 51.2 Å².